The first-order valence-corrected chi connectivity index (χ1v) is 10.2. The first-order chi connectivity index (χ1) is 13.1. The summed E-state index contributed by atoms with van der Waals surface area (Å²) in [6, 6.07) is 10.0. The Kier molecular flexibility index (Phi) is 6.63. The first kappa shape index (κ1) is 19.6. The van der Waals surface area contributed by atoms with Crippen LogP contribution in [0.25, 0.3) is 0 Å². The molecule has 0 bridgehead atoms. The van der Waals surface area contributed by atoms with E-state index in [2.05, 4.69) is 5.32 Å². The number of carbonyl (C=O) groups excluding carboxylic acids is 2. The standard InChI is InChI=1S/C21H26N2O3S/c1-3-26-21(25)19-16-11-7-8-12-17(16)27-20(19)22-18(24)14-23(2)13-15-9-5-4-6-10-15/h4-6,9-10H,3,7-8,11-14H2,1-2H3,(H,22,24). The monoisotopic (exact) mass is 386 g/mol. The molecule has 0 saturated heterocycles. The summed E-state index contributed by atoms with van der Waals surface area (Å²) >= 11 is 1.52. The van der Waals surface area contributed by atoms with E-state index in [-0.39, 0.29) is 18.4 Å². The smallest absolute Gasteiger partial charge is 0.341 e. The molecule has 0 atom stereocenters. The van der Waals surface area contributed by atoms with E-state index >= 15 is 0 Å². The van der Waals surface area contributed by atoms with E-state index in [9.17, 15) is 9.59 Å². The number of thiophene rings is 1. The SMILES string of the molecule is CCOC(=O)c1c(NC(=O)CN(C)Cc2ccccc2)sc2c1CCCC2. The molecule has 1 amide bonds. The number of rotatable bonds is 7. The lowest BCUT2D eigenvalue weighted by atomic mass is 9.95. The van der Waals surface area contributed by atoms with Crippen molar-refractivity contribution in [2.24, 2.45) is 0 Å². The van der Waals surface area contributed by atoms with Crippen LogP contribution < -0.4 is 5.32 Å². The Labute approximate surface area is 164 Å². The number of carbonyl (C=O) groups is 2. The summed E-state index contributed by atoms with van der Waals surface area (Å²) in [5.41, 5.74) is 2.79. The Morgan fingerprint density at radius 1 is 1.19 bits per heavy atom. The Morgan fingerprint density at radius 2 is 1.93 bits per heavy atom. The van der Waals surface area contributed by atoms with Gasteiger partial charge in [0.15, 0.2) is 0 Å². The summed E-state index contributed by atoms with van der Waals surface area (Å²) < 4.78 is 5.24. The van der Waals surface area contributed by atoms with Crippen molar-refractivity contribution in [3.8, 4) is 0 Å². The van der Waals surface area contributed by atoms with Crippen molar-refractivity contribution in [2.75, 3.05) is 25.5 Å². The van der Waals surface area contributed by atoms with Crippen molar-refractivity contribution in [1.82, 2.24) is 4.90 Å². The second-order valence-electron chi connectivity index (χ2n) is 6.84. The number of anilines is 1. The fraction of sp³-hybridized carbons (Fsp3) is 0.429. The van der Waals surface area contributed by atoms with Crippen LogP contribution in [0.4, 0.5) is 5.00 Å². The first-order valence-electron chi connectivity index (χ1n) is 9.42. The van der Waals surface area contributed by atoms with E-state index < -0.39 is 0 Å². The van der Waals surface area contributed by atoms with E-state index in [1.807, 2.05) is 42.3 Å². The van der Waals surface area contributed by atoms with Crippen molar-refractivity contribution >= 4 is 28.2 Å². The van der Waals surface area contributed by atoms with Gasteiger partial charge in [0.1, 0.15) is 5.00 Å². The molecule has 5 nitrogen and oxygen atoms in total. The van der Waals surface area contributed by atoms with Crippen LogP contribution in [-0.4, -0.2) is 37.0 Å². The van der Waals surface area contributed by atoms with E-state index in [1.165, 1.54) is 16.2 Å². The number of nitrogens with zero attached hydrogens (tertiary/aromatic N) is 1. The molecule has 3 rings (SSSR count). The molecule has 1 aromatic heterocycles. The molecule has 1 N–H and O–H groups in total. The minimum atomic E-state index is -0.329. The fourth-order valence-electron chi connectivity index (χ4n) is 3.44. The zero-order chi connectivity index (χ0) is 19.2. The van der Waals surface area contributed by atoms with Gasteiger partial charge in [-0.2, -0.15) is 0 Å². The lowest BCUT2D eigenvalue weighted by molar-refractivity contribution is -0.117. The lowest BCUT2D eigenvalue weighted by Gasteiger charge is -2.16. The van der Waals surface area contributed by atoms with Gasteiger partial charge in [-0.25, -0.2) is 4.79 Å². The molecule has 1 aliphatic rings. The maximum absolute atomic E-state index is 12.6. The molecule has 0 fully saturated rings. The number of hydrogen-bond acceptors (Lipinski definition) is 5. The third-order valence-electron chi connectivity index (χ3n) is 4.61. The highest BCUT2D eigenvalue weighted by molar-refractivity contribution is 7.17. The molecule has 1 heterocycles. The van der Waals surface area contributed by atoms with Crippen LogP contribution in [0.15, 0.2) is 30.3 Å². The number of likely N-dealkylation sites (N-methyl/N-ethyl adjacent to an activating group) is 1. The van der Waals surface area contributed by atoms with Crippen molar-refractivity contribution in [3.05, 3.63) is 51.9 Å². The molecule has 1 aliphatic carbocycles. The zero-order valence-electron chi connectivity index (χ0n) is 15.9. The van der Waals surface area contributed by atoms with Crippen LogP contribution in [0.2, 0.25) is 0 Å². The van der Waals surface area contributed by atoms with E-state index in [0.29, 0.717) is 23.7 Å². The highest BCUT2D eigenvalue weighted by Gasteiger charge is 2.27. The summed E-state index contributed by atoms with van der Waals surface area (Å²) in [5, 5.41) is 3.60. The Morgan fingerprint density at radius 3 is 2.67 bits per heavy atom. The van der Waals surface area contributed by atoms with Crippen LogP contribution in [0.5, 0.6) is 0 Å². The Bertz CT molecular complexity index is 801. The third kappa shape index (κ3) is 4.96. The third-order valence-corrected chi connectivity index (χ3v) is 5.82. The van der Waals surface area contributed by atoms with Gasteiger partial charge in [0.05, 0.1) is 18.7 Å². The second kappa shape index (κ2) is 9.15. The van der Waals surface area contributed by atoms with Gasteiger partial charge in [-0.05, 0) is 50.8 Å². The highest BCUT2D eigenvalue weighted by atomic mass is 32.1. The molecular weight excluding hydrogens is 360 g/mol. The van der Waals surface area contributed by atoms with E-state index in [4.69, 9.17) is 4.74 Å². The molecule has 0 radical (unpaired) electrons. The number of benzene rings is 1. The molecule has 0 aliphatic heterocycles. The summed E-state index contributed by atoms with van der Waals surface area (Å²) in [4.78, 5) is 28.2. The summed E-state index contributed by atoms with van der Waals surface area (Å²) in [5.74, 6) is -0.442. The predicted octanol–water partition coefficient (Wildman–Crippen LogP) is 3.87. The normalized spacial score (nSPS) is 13.3. The van der Waals surface area contributed by atoms with Crippen molar-refractivity contribution in [2.45, 2.75) is 39.2 Å². The maximum Gasteiger partial charge on any atom is 0.341 e. The summed E-state index contributed by atoms with van der Waals surface area (Å²) in [7, 11) is 1.91. The molecule has 1 aromatic carbocycles. The predicted molar refractivity (Wildman–Crippen MR) is 108 cm³/mol. The van der Waals surface area contributed by atoms with Gasteiger partial charge in [-0.3, -0.25) is 9.69 Å². The molecule has 27 heavy (non-hydrogen) atoms. The van der Waals surface area contributed by atoms with Crippen molar-refractivity contribution in [1.29, 1.82) is 0 Å². The largest absolute Gasteiger partial charge is 0.462 e. The lowest BCUT2D eigenvalue weighted by Crippen LogP contribution is -2.30. The molecule has 0 spiro atoms. The summed E-state index contributed by atoms with van der Waals surface area (Å²) in [6.07, 6.45) is 4.05. The number of nitrogens with one attached hydrogen (secondary N) is 1. The van der Waals surface area contributed by atoms with E-state index in [0.717, 1.165) is 36.8 Å². The topological polar surface area (TPSA) is 58.6 Å². The second-order valence-corrected chi connectivity index (χ2v) is 7.95. The minimum absolute atomic E-state index is 0.113. The number of aryl methyl sites for hydroxylation is 1. The summed E-state index contributed by atoms with van der Waals surface area (Å²) in [6.45, 7) is 3.09. The van der Waals surface area contributed by atoms with Gasteiger partial charge in [0.25, 0.3) is 0 Å². The molecule has 0 saturated carbocycles. The van der Waals surface area contributed by atoms with Crippen LogP contribution >= 0.6 is 11.3 Å². The average molecular weight is 387 g/mol. The van der Waals surface area contributed by atoms with Crippen LogP contribution in [0.3, 0.4) is 0 Å². The fourth-order valence-corrected chi connectivity index (χ4v) is 4.73. The number of ether oxygens (including phenoxy) is 1. The molecular formula is C21H26N2O3S. The van der Waals surface area contributed by atoms with Gasteiger partial charge in [-0.1, -0.05) is 30.3 Å². The molecule has 6 heteroatoms. The number of hydrogen-bond donors (Lipinski definition) is 1. The molecule has 144 valence electrons. The average Bonchev–Trinajstić information content (AvgIpc) is 3.00. The zero-order valence-corrected chi connectivity index (χ0v) is 16.7. The quantitative estimate of drug-likeness (QED) is 0.734. The molecule has 0 unspecified atom stereocenters. The van der Waals surface area contributed by atoms with Crippen molar-refractivity contribution < 1.29 is 14.3 Å². The Balaban J connectivity index is 1.69. The number of esters is 1. The van der Waals surface area contributed by atoms with E-state index in [1.54, 1.807) is 6.92 Å². The van der Waals surface area contributed by atoms with Crippen LogP contribution in [0.1, 0.15) is 46.1 Å². The number of fused-ring (bicyclic) bond motifs is 1. The van der Waals surface area contributed by atoms with Crippen LogP contribution in [-0.2, 0) is 28.9 Å². The number of amides is 1. The maximum atomic E-state index is 12.6. The van der Waals surface area contributed by atoms with Gasteiger partial charge < -0.3 is 10.1 Å². The van der Waals surface area contributed by atoms with Gasteiger partial charge in [0, 0.05) is 11.4 Å². The van der Waals surface area contributed by atoms with Crippen LogP contribution in [0, 0.1) is 0 Å². The van der Waals surface area contributed by atoms with Gasteiger partial charge in [-0.15, -0.1) is 11.3 Å². The van der Waals surface area contributed by atoms with Gasteiger partial charge in [0.2, 0.25) is 5.91 Å². The van der Waals surface area contributed by atoms with Crippen molar-refractivity contribution in [3.63, 3.8) is 0 Å². The van der Waals surface area contributed by atoms with Gasteiger partial charge >= 0.3 is 5.97 Å². The highest BCUT2D eigenvalue weighted by Crippen LogP contribution is 2.38. The minimum Gasteiger partial charge on any atom is -0.462 e. The Hall–Kier alpha value is -2.18. The molecule has 2 aromatic rings.